The second-order valence-corrected chi connectivity index (χ2v) is 6.93. The predicted octanol–water partition coefficient (Wildman–Crippen LogP) is 2.48. The predicted molar refractivity (Wildman–Crippen MR) is 114 cm³/mol. The van der Waals surface area contributed by atoms with Crippen molar-refractivity contribution in [1.82, 2.24) is 0 Å². The van der Waals surface area contributed by atoms with Gasteiger partial charge in [0.05, 0.1) is 12.1 Å². The summed E-state index contributed by atoms with van der Waals surface area (Å²) in [5, 5.41) is 56.6. The summed E-state index contributed by atoms with van der Waals surface area (Å²) in [7, 11) is 0. The summed E-state index contributed by atoms with van der Waals surface area (Å²) in [6.45, 7) is 0. The van der Waals surface area contributed by atoms with Crippen molar-refractivity contribution in [2.45, 2.75) is 19.3 Å². The summed E-state index contributed by atoms with van der Waals surface area (Å²) < 4.78 is 0. The Labute approximate surface area is 189 Å². The van der Waals surface area contributed by atoms with Gasteiger partial charge in [-0.05, 0) is 42.5 Å². The van der Waals surface area contributed by atoms with Crippen LogP contribution in [-0.4, -0.2) is 28.1 Å². The molecule has 2 aromatic carbocycles. The third-order valence-corrected chi connectivity index (χ3v) is 4.90. The van der Waals surface area contributed by atoms with Crippen molar-refractivity contribution in [2.24, 2.45) is 16.3 Å². The first-order chi connectivity index (χ1) is 15.8. The average Bonchev–Trinajstić information content (AvgIpc) is 2.83. The molecule has 0 fully saturated rings. The van der Waals surface area contributed by atoms with E-state index in [-0.39, 0.29) is 16.9 Å². The van der Waals surface area contributed by atoms with Crippen LogP contribution in [0.15, 0.2) is 47.5 Å². The van der Waals surface area contributed by atoms with E-state index >= 15 is 0 Å². The minimum absolute atomic E-state index is 0.223. The maximum atomic E-state index is 12.5. The Bertz CT molecular complexity index is 1230. The lowest BCUT2D eigenvalue weighted by Gasteiger charge is -2.13. The zero-order chi connectivity index (χ0) is 24.4. The first-order valence-electron chi connectivity index (χ1n) is 9.66. The van der Waals surface area contributed by atoms with E-state index in [0.29, 0.717) is 19.3 Å². The zero-order valence-corrected chi connectivity index (χ0v) is 17.3. The number of aryl methyl sites for hydroxylation is 1. The second kappa shape index (κ2) is 10.9. The fraction of sp³-hybridized carbons (Fsp3) is 0.208. The normalized spacial score (nSPS) is 10.7. The topological polar surface area (TPSA) is 182 Å². The van der Waals surface area contributed by atoms with E-state index in [1.54, 1.807) is 0 Å². The Morgan fingerprint density at radius 1 is 0.970 bits per heavy atom. The van der Waals surface area contributed by atoms with Gasteiger partial charge in [0, 0.05) is 11.8 Å². The second-order valence-electron chi connectivity index (χ2n) is 6.93. The Balaban J connectivity index is 2.33. The van der Waals surface area contributed by atoms with E-state index in [1.807, 2.05) is 30.3 Å². The maximum absolute atomic E-state index is 12.5. The van der Waals surface area contributed by atoms with Crippen LogP contribution in [0.2, 0.25) is 0 Å². The van der Waals surface area contributed by atoms with Crippen LogP contribution < -0.4 is 0 Å². The molecule has 2 N–H and O–H groups in total. The van der Waals surface area contributed by atoms with E-state index in [4.69, 9.17) is 10.5 Å². The number of aliphatic imine (C=N–C) groups is 1. The smallest absolute Gasteiger partial charge is 0.288 e. The molecule has 0 saturated heterocycles. The van der Waals surface area contributed by atoms with E-state index in [0.717, 1.165) is 11.8 Å². The molecule has 2 aromatic rings. The molecule has 0 heterocycles. The van der Waals surface area contributed by atoms with Gasteiger partial charge in [0.15, 0.2) is 17.4 Å². The Kier molecular flexibility index (Phi) is 7.99. The quantitative estimate of drug-likeness (QED) is 0.357. The first-order valence-corrected chi connectivity index (χ1v) is 9.66. The molecule has 9 heteroatoms. The van der Waals surface area contributed by atoms with Crippen molar-refractivity contribution in [3.8, 4) is 35.8 Å². The molecule has 0 unspecified atom stereocenters. The molecular formula is C24H17N5O4. The van der Waals surface area contributed by atoms with Crippen LogP contribution in [0, 0.1) is 56.7 Å². The standard InChI is InChI=1S/C24H17N5O4/c25-11-18(12-26)22(32)24(14-27,15-28)23(33)29-13-17-9-10-20(30)21(31)19(17)8-4-7-16-5-2-1-3-6-16/h1-3,5-6,9-10,13,18,30-31H,4,7-8H2. The summed E-state index contributed by atoms with van der Waals surface area (Å²) in [5.74, 6) is -5.71. The van der Waals surface area contributed by atoms with Crippen molar-refractivity contribution in [2.75, 3.05) is 0 Å². The SMILES string of the molecule is N#CC(C#N)C(=O)C(C#N)(C#N)C(=O)N=Cc1ccc(O)c(O)c1CCCc1ccccc1. The summed E-state index contributed by atoms with van der Waals surface area (Å²) in [6.07, 6.45) is 2.52. The molecule has 0 spiro atoms. The van der Waals surface area contributed by atoms with E-state index in [1.165, 1.54) is 36.4 Å². The number of carbonyl (C=O) groups is 2. The van der Waals surface area contributed by atoms with Gasteiger partial charge in [-0.2, -0.15) is 21.0 Å². The van der Waals surface area contributed by atoms with Crippen LogP contribution in [-0.2, 0) is 22.4 Å². The third-order valence-electron chi connectivity index (χ3n) is 4.90. The van der Waals surface area contributed by atoms with Crippen LogP contribution >= 0.6 is 0 Å². The highest BCUT2D eigenvalue weighted by molar-refractivity contribution is 6.16. The number of ketones is 1. The number of Topliss-reactive ketones (excluding diaryl/α,β-unsaturated/α-hetero) is 1. The highest BCUT2D eigenvalue weighted by Gasteiger charge is 2.50. The largest absolute Gasteiger partial charge is 0.504 e. The number of aromatic hydroxyl groups is 2. The third kappa shape index (κ3) is 5.20. The number of rotatable bonds is 8. The Morgan fingerprint density at radius 2 is 1.61 bits per heavy atom. The average molecular weight is 439 g/mol. The lowest BCUT2D eigenvalue weighted by Crippen LogP contribution is -2.39. The fourth-order valence-corrected chi connectivity index (χ4v) is 3.06. The van der Waals surface area contributed by atoms with Crippen molar-refractivity contribution in [3.63, 3.8) is 0 Å². The van der Waals surface area contributed by atoms with E-state index in [2.05, 4.69) is 4.99 Å². The molecule has 0 atom stereocenters. The van der Waals surface area contributed by atoms with Crippen LogP contribution in [0.5, 0.6) is 11.5 Å². The summed E-state index contributed by atoms with van der Waals surface area (Å²) >= 11 is 0. The van der Waals surface area contributed by atoms with E-state index in [9.17, 15) is 30.3 Å². The number of carbonyl (C=O) groups excluding carboxylic acids is 2. The number of phenolic OH excluding ortho intramolecular Hbond substituents is 2. The van der Waals surface area contributed by atoms with Crippen molar-refractivity contribution >= 4 is 17.9 Å². The van der Waals surface area contributed by atoms with Crippen LogP contribution in [0.25, 0.3) is 0 Å². The highest BCUT2D eigenvalue weighted by Crippen LogP contribution is 2.32. The fourth-order valence-electron chi connectivity index (χ4n) is 3.06. The molecule has 0 radical (unpaired) electrons. The van der Waals surface area contributed by atoms with Gasteiger partial charge in [-0.25, -0.2) is 4.99 Å². The summed E-state index contributed by atoms with van der Waals surface area (Å²) in [6, 6.07) is 17.3. The van der Waals surface area contributed by atoms with Crippen molar-refractivity contribution < 1.29 is 19.8 Å². The van der Waals surface area contributed by atoms with Gasteiger partial charge in [-0.3, -0.25) is 9.59 Å². The molecule has 2 rings (SSSR count). The zero-order valence-electron chi connectivity index (χ0n) is 17.3. The maximum Gasteiger partial charge on any atom is 0.288 e. The van der Waals surface area contributed by atoms with Gasteiger partial charge in [-0.1, -0.05) is 30.3 Å². The van der Waals surface area contributed by atoms with Gasteiger partial charge >= 0.3 is 0 Å². The molecule has 1 amide bonds. The molecular weight excluding hydrogens is 422 g/mol. The first kappa shape index (κ1) is 24.3. The molecule has 9 nitrogen and oxygen atoms in total. The number of amides is 1. The van der Waals surface area contributed by atoms with Crippen molar-refractivity contribution in [1.29, 1.82) is 21.0 Å². The molecule has 33 heavy (non-hydrogen) atoms. The number of nitriles is 4. The van der Waals surface area contributed by atoms with Gasteiger partial charge in [0.1, 0.15) is 12.1 Å². The van der Waals surface area contributed by atoms with Gasteiger partial charge < -0.3 is 10.2 Å². The van der Waals surface area contributed by atoms with Gasteiger partial charge in [0.25, 0.3) is 11.3 Å². The molecule has 0 aliphatic carbocycles. The summed E-state index contributed by atoms with van der Waals surface area (Å²) in [5.41, 5.74) is -1.39. The molecule has 0 aliphatic rings. The van der Waals surface area contributed by atoms with Crippen LogP contribution in [0.3, 0.4) is 0 Å². The minimum atomic E-state index is -2.96. The molecule has 0 aliphatic heterocycles. The Morgan fingerprint density at radius 3 is 2.18 bits per heavy atom. The molecule has 162 valence electrons. The number of phenols is 2. The minimum Gasteiger partial charge on any atom is -0.504 e. The van der Waals surface area contributed by atoms with E-state index < -0.39 is 28.8 Å². The molecule has 0 saturated carbocycles. The Hall–Kier alpha value is -4.99. The highest BCUT2D eigenvalue weighted by atomic mass is 16.3. The number of hydrogen-bond donors (Lipinski definition) is 2. The molecule has 0 bridgehead atoms. The lowest BCUT2D eigenvalue weighted by atomic mass is 9.80. The van der Waals surface area contributed by atoms with Crippen LogP contribution in [0.1, 0.15) is 23.1 Å². The van der Waals surface area contributed by atoms with Gasteiger partial charge in [0.2, 0.25) is 5.78 Å². The number of benzene rings is 2. The number of nitrogens with zero attached hydrogens (tertiary/aromatic N) is 5. The monoisotopic (exact) mass is 439 g/mol. The molecule has 0 aromatic heterocycles. The summed E-state index contributed by atoms with van der Waals surface area (Å²) in [4.78, 5) is 28.4. The lowest BCUT2D eigenvalue weighted by molar-refractivity contribution is -0.133. The van der Waals surface area contributed by atoms with Crippen LogP contribution in [0.4, 0.5) is 0 Å². The number of hydrogen-bond acceptors (Lipinski definition) is 8. The van der Waals surface area contributed by atoms with Crippen molar-refractivity contribution in [3.05, 3.63) is 59.2 Å². The van der Waals surface area contributed by atoms with Gasteiger partial charge in [-0.15, -0.1) is 0 Å².